The van der Waals surface area contributed by atoms with Crippen LogP contribution >= 0.6 is 0 Å². The highest BCUT2D eigenvalue weighted by Gasteiger charge is 2.39. The van der Waals surface area contributed by atoms with E-state index in [9.17, 15) is 9.00 Å². The van der Waals surface area contributed by atoms with Crippen LogP contribution in [0, 0.1) is 5.92 Å². The van der Waals surface area contributed by atoms with E-state index in [4.69, 9.17) is 0 Å². The molecule has 3 unspecified atom stereocenters. The van der Waals surface area contributed by atoms with Crippen molar-refractivity contribution >= 4 is 16.7 Å². The zero-order chi connectivity index (χ0) is 13.7. The molecule has 0 saturated carbocycles. The predicted molar refractivity (Wildman–Crippen MR) is 75.7 cm³/mol. The van der Waals surface area contributed by atoms with Gasteiger partial charge in [-0.2, -0.15) is 0 Å². The van der Waals surface area contributed by atoms with Crippen LogP contribution in [-0.4, -0.2) is 45.3 Å². The average Bonchev–Trinajstić information content (AvgIpc) is 2.64. The fraction of sp³-hybridized carbons (Fsp3) is 0.923. The van der Waals surface area contributed by atoms with Gasteiger partial charge in [-0.05, 0) is 12.3 Å². The van der Waals surface area contributed by atoms with E-state index < -0.39 is 10.8 Å². The van der Waals surface area contributed by atoms with Gasteiger partial charge in [-0.25, -0.2) is 0 Å². The second-order valence-electron chi connectivity index (χ2n) is 5.16. The Hall–Kier alpha value is -0.420. The van der Waals surface area contributed by atoms with Gasteiger partial charge < -0.3 is 4.90 Å². The van der Waals surface area contributed by atoms with E-state index in [0.29, 0.717) is 24.0 Å². The van der Waals surface area contributed by atoms with Crippen LogP contribution in [0.4, 0.5) is 0 Å². The Morgan fingerprint density at radius 3 is 2.56 bits per heavy atom. The molecule has 5 heteroatoms. The monoisotopic (exact) mass is 274 g/mol. The number of hydrogen-bond acceptors (Lipinski definition) is 3. The highest BCUT2D eigenvalue weighted by atomic mass is 32.2. The van der Waals surface area contributed by atoms with E-state index in [0.717, 1.165) is 12.8 Å². The first-order valence-corrected chi connectivity index (χ1v) is 8.41. The highest BCUT2D eigenvalue weighted by Crippen LogP contribution is 2.19. The number of nitrogens with zero attached hydrogens (tertiary/aromatic N) is 1. The Kier molecular flexibility index (Phi) is 6.29. The van der Waals surface area contributed by atoms with Gasteiger partial charge in [0, 0.05) is 28.9 Å². The SMILES string of the molecule is CCCC1NC(C(C)C)N(CCS(=O)CC)C1=O. The van der Waals surface area contributed by atoms with Crippen LogP contribution in [0.5, 0.6) is 0 Å². The standard InChI is InChI=1S/C13H26N2O2S/c1-5-7-11-13(16)15(8-9-18(17)6-2)12(14-11)10(3)4/h10-12,14H,5-9H2,1-4H3. The van der Waals surface area contributed by atoms with Crippen LogP contribution in [-0.2, 0) is 15.6 Å². The molecule has 1 N–H and O–H groups in total. The molecule has 1 heterocycles. The summed E-state index contributed by atoms with van der Waals surface area (Å²) in [5.41, 5.74) is 0. The smallest absolute Gasteiger partial charge is 0.241 e. The lowest BCUT2D eigenvalue weighted by molar-refractivity contribution is -0.130. The Balaban J connectivity index is 2.65. The summed E-state index contributed by atoms with van der Waals surface area (Å²) in [6, 6.07) is -0.0440. The summed E-state index contributed by atoms with van der Waals surface area (Å²) in [7, 11) is -0.803. The van der Waals surface area contributed by atoms with Crippen molar-refractivity contribution in [3.05, 3.63) is 0 Å². The summed E-state index contributed by atoms with van der Waals surface area (Å²) in [5, 5.41) is 3.41. The predicted octanol–water partition coefficient (Wildman–Crippen LogP) is 1.34. The molecule has 0 aromatic carbocycles. The van der Waals surface area contributed by atoms with Crippen molar-refractivity contribution in [1.82, 2.24) is 10.2 Å². The summed E-state index contributed by atoms with van der Waals surface area (Å²) in [5.74, 6) is 1.82. The van der Waals surface area contributed by atoms with Gasteiger partial charge in [0.25, 0.3) is 0 Å². The summed E-state index contributed by atoms with van der Waals surface area (Å²) in [6.07, 6.45) is 1.99. The Morgan fingerprint density at radius 1 is 1.39 bits per heavy atom. The first kappa shape index (κ1) is 15.6. The summed E-state index contributed by atoms with van der Waals surface area (Å²) in [6.45, 7) is 8.84. The van der Waals surface area contributed by atoms with Gasteiger partial charge in [-0.3, -0.25) is 14.3 Å². The molecule has 0 aliphatic carbocycles. The van der Waals surface area contributed by atoms with Crippen molar-refractivity contribution in [2.24, 2.45) is 5.92 Å². The molecule has 0 spiro atoms. The molecule has 1 aliphatic heterocycles. The molecule has 18 heavy (non-hydrogen) atoms. The number of hydrogen-bond donors (Lipinski definition) is 1. The quantitative estimate of drug-likeness (QED) is 0.762. The van der Waals surface area contributed by atoms with E-state index in [1.807, 2.05) is 11.8 Å². The van der Waals surface area contributed by atoms with E-state index >= 15 is 0 Å². The normalized spacial score (nSPS) is 26.1. The minimum atomic E-state index is -0.803. The highest BCUT2D eigenvalue weighted by molar-refractivity contribution is 7.84. The largest absolute Gasteiger partial charge is 0.325 e. The molecule has 3 atom stereocenters. The first-order valence-electron chi connectivity index (χ1n) is 6.92. The van der Waals surface area contributed by atoms with Gasteiger partial charge in [-0.1, -0.05) is 34.1 Å². The van der Waals surface area contributed by atoms with E-state index in [1.165, 1.54) is 0 Å². The molecule has 1 fully saturated rings. The minimum Gasteiger partial charge on any atom is -0.325 e. The van der Waals surface area contributed by atoms with E-state index in [1.54, 1.807) is 0 Å². The third kappa shape index (κ3) is 3.79. The molecule has 4 nitrogen and oxygen atoms in total. The maximum Gasteiger partial charge on any atom is 0.241 e. The third-order valence-corrected chi connectivity index (χ3v) is 4.66. The molecular formula is C13H26N2O2S. The first-order chi connectivity index (χ1) is 8.51. The van der Waals surface area contributed by atoms with Gasteiger partial charge in [0.2, 0.25) is 5.91 Å². The van der Waals surface area contributed by atoms with Crippen LogP contribution < -0.4 is 5.32 Å². The number of amides is 1. The molecule has 1 amide bonds. The van der Waals surface area contributed by atoms with Gasteiger partial charge in [0.1, 0.15) is 0 Å². The second-order valence-corrected chi connectivity index (χ2v) is 7.03. The van der Waals surface area contributed by atoms with Gasteiger partial charge in [-0.15, -0.1) is 0 Å². The number of nitrogens with one attached hydrogen (secondary N) is 1. The van der Waals surface area contributed by atoms with Crippen LogP contribution in [0.1, 0.15) is 40.5 Å². The maximum atomic E-state index is 12.3. The fourth-order valence-electron chi connectivity index (χ4n) is 2.35. The zero-order valence-corrected chi connectivity index (χ0v) is 12.8. The number of carbonyl (C=O) groups excluding carboxylic acids is 1. The molecule has 0 aromatic heterocycles. The maximum absolute atomic E-state index is 12.3. The van der Waals surface area contributed by atoms with E-state index in [-0.39, 0.29) is 18.1 Å². The second kappa shape index (κ2) is 7.24. The van der Waals surface area contributed by atoms with Gasteiger partial charge in [0.15, 0.2) is 0 Å². The van der Waals surface area contributed by atoms with Crippen LogP contribution in [0.15, 0.2) is 0 Å². The van der Waals surface area contributed by atoms with E-state index in [2.05, 4.69) is 26.1 Å². The molecule has 106 valence electrons. The zero-order valence-electron chi connectivity index (χ0n) is 11.9. The van der Waals surface area contributed by atoms with Crippen LogP contribution in [0.2, 0.25) is 0 Å². The lowest BCUT2D eigenvalue weighted by Crippen LogP contribution is -2.43. The number of carbonyl (C=O) groups is 1. The molecule has 0 bridgehead atoms. The minimum absolute atomic E-state index is 0.0440. The van der Waals surface area contributed by atoms with Crippen molar-refractivity contribution < 1.29 is 9.00 Å². The number of rotatable bonds is 7. The Bertz CT molecular complexity index is 307. The topological polar surface area (TPSA) is 49.4 Å². The molecule has 1 rings (SSSR count). The third-order valence-electron chi connectivity index (χ3n) is 3.38. The molecule has 0 radical (unpaired) electrons. The van der Waals surface area contributed by atoms with Crippen LogP contribution in [0.3, 0.4) is 0 Å². The Morgan fingerprint density at radius 2 is 2.06 bits per heavy atom. The van der Waals surface area contributed by atoms with Crippen molar-refractivity contribution in [2.45, 2.75) is 52.7 Å². The van der Waals surface area contributed by atoms with Crippen molar-refractivity contribution in [2.75, 3.05) is 18.1 Å². The average molecular weight is 274 g/mol. The van der Waals surface area contributed by atoms with Gasteiger partial charge in [0.05, 0.1) is 12.2 Å². The summed E-state index contributed by atoms with van der Waals surface area (Å²) < 4.78 is 11.5. The lowest BCUT2D eigenvalue weighted by atomic mass is 10.1. The molecule has 0 aromatic rings. The van der Waals surface area contributed by atoms with Crippen LogP contribution in [0.25, 0.3) is 0 Å². The van der Waals surface area contributed by atoms with Crippen molar-refractivity contribution in [1.29, 1.82) is 0 Å². The Labute approximate surface area is 113 Å². The molecular weight excluding hydrogens is 248 g/mol. The summed E-state index contributed by atoms with van der Waals surface area (Å²) >= 11 is 0. The van der Waals surface area contributed by atoms with Gasteiger partial charge >= 0.3 is 0 Å². The van der Waals surface area contributed by atoms with Crippen molar-refractivity contribution in [3.8, 4) is 0 Å². The summed E-state index contributed by atoms with van der Waals surface area (Å²) in [4.78, 5) is 14.2. The fourth-order valence-corrected chi connectivity index (χ4v) is 3.04. The lowest BCUT2D eigenvalue weighted by Gasteiger charge is -2.26. The molecule has 1 saturated heterocycles. The van der Waals surface area contributed by atoms with Crippen molar-refractivity contribution in [3.63, 3.8) is 0 Å². The molecule has 1 aliphatic rings.